The minimum atomic E-state index is -0.719. The molecule has 158 valence electrons. The van der Waals surface area contributed by atoms with E-state index in [4.69, 9.17) is 4.74 Å². The van der Waals surface area contributed by atoms with Crippen molar-refractivity contribution in [2.24, 2.45) is 0 Å². The fourth-order valence-electron chi connectivity index (χ4n) is 3.74. The highest BCUT2D eigenvalue weighted by atomic mass is 16.5. The first-order valence-corrected chi connectivity index (χ1v) is 10.2. The SMILES string of the molecule is CC[NH+](CC)CCN1C(=O)C(=O)C(=C(O)c2ccc(OC)cc2)[C@H]1c1ccccn1. The predicted octanol–water partition coefficient (Wildman–Crippen LogP) is 1.44. The summed E-state index contributed by atoms with van der Waals surface area (Å²) in [6.07, 6.45) is 1.62. The summed E-state index contributed by atoms with van der Waals surface area (Å²) >= 11 is 0. The van der Waals surface area contributed by atoms with E-state index in [1.165, 1.54) is 9.80 Å². The minimum Gasteiger partial charge on any atom is -0.507 e. The summed E-state index contributed by atoms with van der Waals surface area (Å²) in [6, 6.07) is 11.4. The van der Waals surface area contributed by atoms with Gasteiger partial charge in [0.15, 0.2) is 0 Å². The lowest BCUT2D eigenvalue weighted by Crippen LogP contribution is -3.12. The molecule has 0 radical (unpaired) electrons. The second-order valence-corrected chi connectivity index (χ2v) is 7.18. The van der Waals surface area contributed by atoms with E-state index in [9.17, 15) is 14.7 Å². The van der Waals surface area contributed by atoms with E-state index in [-0.39, 0.29) is 11.3 Å². The number of hydrogen-bond donors (Lipinski definition) is 2. The standard InChI is InChI=1S/C23H27N3O4/c1-4-25(5-2)14-15-26-20(18-8-6-7-13-24-18)19(22(28)23(26)29)21(27)16-9-11-17(30-3)12-10-16/h6-13,20,27H,4-5,14-15H2,1-3H3/p+1/t20-/m1/s1. The largest absolute Gasteiger partial charge is 0.507 e. The van der Waals surface area contributed by atoms with Crippen molar-refractivity contribution in [2.45, 2.75) is 19.9 Å². The van der Waals surface area contributed by atoms with Gasteiger partial charge in [0.05, 0.1) is 44.6 Å². The number of rotatable bonds is 8. The van der Waals surface area contributed by atoms with Gasteiger partial charge < -0.3 is 19.6 Å². The maximum Gasteiger partial charge on any atom is 0.295 e. The molecule has 2 heterocycles. The molecule has 1 fully saturated rings. The first-order valence-electron chi connectivity index (χ1n) is 10.2. The van der Waals surface area contributed by atoms with E-state index in [0.29, 0.717) is 30.1 Å². The molecule has 30 heavy (non-hydrogen) atoms. The van der Waals surface area contributed by atoms with Gasteiger partial charge in [-0.05, 0) is 50.2 Å². The number of ketones is 1. The van der Waals surface area contributed by atoms with Crippen LogP contribution in [0.15, 0.2) is 54.2 Å². The van der Waals surface area contributed by atoms with Crippen molar-refractivity contribution in [3.8, 4) is 5.75 Å². The topological polar surface area (TPSA) is 84.2 Å². The Morgan fingerprint density at radius 1 is 1.13 bits per heavy atom. The normalized spacial score (nSPS) is 18.3. The van der Waals surface area contributed by atoms with E-state index in [0.717, 1.165) is 13.1 Å². The lowest BCUT2D eigenvalue weighted by molar-refractivity contribution is -0.895. The van der Waals surface area contributed by atoms with Crippen LogP contribution >= 0.6 is 0 Å². The van der Waals surface area contributed by atoms with Crippen molar-refractivity contribution in [1.29, 1.82) is 0 Å². The zero-order valence-corrected chi connectivity index (χ0v) is 17.6. The highest BCUT2D eigenvalue weighted by Crippen LogP contribution is 2.38. The molecule has 2 aromatic rings. The zero-order valence-electron chi connectivity index (χ0n) is 17.6. The molecule has 1 saturated heterocycles. The van der Waals surface area contributed by atoms with Gasteiger partial charge in [0.1, 0.15) is 17.6 Å². The van der Waals surface area contributed by atoms with Gasteiger partial charge in [-0.2, -0.15) is 0 Å². The number of amides is 1. The number of quaternary nitrogens is 1. The number of Topliss-reactive ketones (excluding diaryl/α,β-unsaturated/α-hetero) is 1. The number of carbonyl (C=O) groups excluding carboxylic acids is 2. The van der Waals surface area contributed by atoms with E-state index in [1.54, 1.807) is 49.7 Å². The molecule has 0 aliphatic carbocycles. The molecule has 1 aliphatic heterocycles. The smallest absolute Gasteiger partial charge is 0.295 e. The second kappa shape index (κ2) is 9.54. The zero-order chi connectivity index (χ0) is 21.7. The monoisotopic (exact) mass is 410 g/mol. The fraction of sp³-hybridized carbons (Fsp3) is 0.348. The molecule has 0 unspecified atom stereocenters. The molecular weight excluding hydrogens is 382 g/mol. The molecule has 1 aliphatic rings. The van der Waals surface area contributed by atoms with Crippen LogP contribution in [0.2, 0.25) is 0 Å². The molecule has 3 rings (SSSR count). The van der Waals surface area contributed by atoms with Crippen molar-refractivity contribution in [3.05, 3.63) is 65.5 Å². The number of aliphatic hydroxyl groups excluding tert-OH is 1. The Kier molecular flexibility index (Phi) is 6.84. The van der Waals surface area contributed by atoms with Gasteiger partial charge in [-0.1, -0.05) is 6.07 Å². The number of aliphatic hydroxyl groups is 1. The van der Waals surface area contributed by atoms with Crippen LogP contribution in [-0.2, 0) is 9.59 Å². The van der Waals surface area contributed by atoms with Gasteiger partial charge in [0.2, 0.25) is 0 Å². The average Bonchev–Trinajstić information content (AvgIpc) is 3.05. The summed E-state index contributed by atoms with van der Waals surface area (Å²) in [4.78, 5) is 33.1. The Hall–Kier alpha value is -3.19. The number of benzene rings is 1. The van der Waals surface area contributed by atoms with E-state index in [1.807, 2.05) is 6.07 Å². The lowest BCUT2D eigenvalue weighted by Gasteiger charge is -2.26. The van der Waals surface area contributed by atoms with Gasteiger partial charge in [-0.25, -0.2) is 0 Å². The van der Waals surface area contributed by atoms with Crippen LogP contribution in [0, 0.1) is 0 Å². The Morgan fingerprint density at radius 2 is 1.83 bits per heavy atom. The third-order valence-corrected chi connectivity index (χ3v) is 5.58. The van der Waals surface area contributed by atoms with Crippen LogP contribution in [0.25, 0.3) is 5.76 Å². The van der Waals surface area contributed by atoms with Gasteiger partial charge >= 0.3 is 0 Å². The quantitative estimate of drug-likeness (QED) is 0.391. The van der Waals surface area contributed by atoms with Gasteiger partial charge in [0, 0.05) is 11.8 Å². The Morgan fingerprint density at radius 3 is 2.40 bits per heavy atom. The molecule has 0 spiro atoms. The highest BCUT2D eigenvalue weighted by Gasteiger charge is 2.46. The second-order valence-electron chi connectivity index (χ2n) is 7.18. The maximum absolute atomic E-state index is 13.0. The number of hydrogen-bond acceptors (Lipinski definition) is 5. The van der Waals surface area contributed by atoms with Crippen molar-refractivity contribution < 1.29 is 24.3 Å². The van der Waals surface area contributed by atoms with Crippen LogP contribution in [0.4, 0.5) is 0 Å². The Labute approximate surface area is 176 Å². The molecule has 1 amide bonds. The van der Waals surface area contributed by atoms with Crippen LogP contribution in [0.1, 0.15) is 31.1 Å². The lowest BCUT2D eigenvalue weighted by atomic mass is 9.98. The third-order valence-electron chi connectivity index (χ3n) is 5.58. The number of nitrogens with one attached hydrogen (secondary N) is 1. The number of aromatic nitrogens is 1. The van der Waals surface area contributed by atoms with Crippen LogP contribution in [0.5, 0.6) is 5.75 Å². The molecule has 7 nitrogen and oxygen atoms in total. The van der Waals surface area contributed by atoms with E-state index < -0.39 is 17.7 Å². The first-order chi connectivity index (χ1) is 14.5. The summed E-state index contributed by atoms with van der Waals surface area (Å²) in [7, 11) is 1.55. The molecular formula is C23H28N3O4+. The number of methoxy groups -OCH3 is 1. The van der Waals surface area contributed by atoms with Crippen molar-refractivity contribution >= 4 is 17.4 Å². The predicted molar refractivity (Wildman–Crippen MR) is 113 cm³/mol. The van der Waals surface area contributed by atoms with Gasteiger partial charge in [0.25, 0.3) is 11.7 Å². The molecule has 7 heteroatoms. The number of pyridine rings is 1. The van der Waals surface area contributed by atoms with Crippen LogP contribution in [-0.4, -0.2) is 60.0 Å². The van der Waals surface area contributed by atoms with Crippen molar-refractivity contribution in [3.63, 3.8) is 0 Å². The summed E-state index contributed by atoms with van der Waals surface area (Å²) < 4.78 is 5.16. The third kappa shape index (κ3) is 4.21. The molecule has 1 aromatic carbocycles. The maximum atomic E-state index is 13.0. The first kappa shape index (κ1) is 21.5. The number of likely N-dealkylation sites (tertiary alicyclic amines) is 1. The number of carbonyl (C=O) groups is 2. The van der Waals surface area contributed by atoms with Crippen molar-refractivity contribution in [1.82, 2.24) is 9.88 Å². The summed E-state index contributed by atoms with van der Waals surface area (Å²) in [6.45, 7) is 7.16. The van der Waals surface area contributed by atoms with E-state index in [2.05, 4.69) is 18.8 Å². The minimum absolute atomic E-state index is 0.0680. The molecule has 2 N–H and O–H groups in total. The molecule has 1 atom stereocenters. The van der Waals surface area contributed by atoms with Crippen LogP contribution in [0.3, 0.4) is 0 Å². The number of ether oxygens (including phenoxy) is 1. The van der Waals surface area contributed by atoms with E-state index >= 15 is 0 Å². The van der Waals surface area contributed by atoms with Gasteiger partial charge in [-0.15, -0.1) is 0 Å². The summed E-state index contributed by atoms with van der Waals surface area (Å²) in [5, 5.41) is 11.0. The Balaban J connectivity index is 2.05. The molecule has 0 bridgehead atoms. The van der Waals surface area contributed by atoms with Gasteiger partial charge in [-0.3, -0.25) is 14.6 Å². The fourth-order valence-corrected chi connectivity index (χ4v) is 3.74. The molecule has 0 saturated carbocycles. The molecule has 1 aromatic heterocycles. The number of likely N-dealkylation sites (N-methyl/N-ethyl adjacent to an activating group) is 1. The number of nitrogens with zero attached hydrogens (tertiary/aromatic N) is 2. The average molecular weight is 410 g/mol. The summed E-state index contributed by atoms with van der Waals surface area (Å²) in [5.74, 6) is -0.861. The van der Waals surface area contributed by atoms with Crippen molar-refractivity contribution in [2.75, 3.05) is 33.3 Å². The van der Waals surface area contributed by atoms with Crippen LogP contribution < -0.4 is 9.64 Å². The summed E-state index contributed by atoms with van der Waals surface area (Å²) in [5.41, 5.74) is 1.07. The highest BCUT2D eigenvalue weighted by molar-refractivity contribution is 6.46. The Bertz CT molecular complexity index is 921.